The van der Waals surface area contributed by atoms with Crippen LogP contribution in [0.3, 0.4) is 0 Å². The van der Waals surface area contributed by atoms with E-state index in [1.807, 2.05) is 36.4 Å². The maximum absolute atomic E-state index is 11.0. The molecule has 0 fully saturated rings. The van der Waals surface area contributed by atoms with E-state index >= 15 is 0 Å². The molecule has 0 atom stereocenters. The van der Waals surface area contributed by atoms with Crippen molar-refractivity contribution in [3.05, 3.63) is 78.8 Å². The van der Waals surface area contributed by atoms with Crippen molar-refractivity contribution in [2.75, 3.05) is 5.43 Å². The number of non-ortho nitro benzene ring substituents is 1. The predicted molar refractivity (Wildman–Crippen MR) is 95.2 cm³/mol. The molecule has 0 heterocycles. The van der Waals surface area contributed by atoms with Gasteiger partial charge in [-0.3, -0.25) is 25.7 Å². The van der Waals surface area contributed by atoms with Crippen LogP contribution in [0.2, 0.25) is 0 Å². The van der Waals surface area contributed by atoms with Gasteiger partial charge in [0.15, 0.2) is 0 Å². The number of nitro benzene ring substituents is 2. The van der Waals surface area contributed by atoms with Gasteiger partial charge in [0.1, 0.15) is 5.69 Å². The lowest BCUT2D eigenvalue weighted by atomic mass is 10.2. The van der Waals surface area contributed by atoms with E-state index in [0.717, 1.165) is 11.6 Å². The zero-order valence-corrected chi connectivity index (χ0v) is 13.7. The minimum atomic E-state index is -0.709. The van der Waals surface area contributed by atoms with Crippen LogP contribution in [0.4, 0.5) is 17.1 Å². The summed E-state index contributed by atoms with van der Waals surface area (Å²) in [5.74, 6) is 0. The molecule has 2 aromatic carbocycles. The lowest BCUT2D eigenvalue weighted by Gasteiger charge is -2.01. The van der Waals surface area contributed by atoms with E-state index in [9.17, 15) is 20.2 Å². The monoisotopic (exact) mass is 390 g/mol. The topological polar surface area (TPSA) is 111 Å². The van der Waals surface area contributed by atoms with Gasteiger partial charge in [0, 0.05) is 10.5 Å². The van der Waals surface area contributed by atoms with E-state index < -0.39 is 15.5 Å². The quantitative estimate of drug-likeness (QED) is 0.448. The zero-order chi connectivity index (χ0) is 17.5. The first-order valence-corrected chi connectivity index (χ1v) is 7.41. The molecule has 8 nitrogen and oxygen atoms in total. The number of hydrogen-bond acceptors (Lipinski definition) is 6. The van der Waals surface area contributed by atoms with Crippen molar-refractivity contribution in [2.45, 2.75) is 0 Å². The van der Waals surface area contributed by atoms with Crippen LogP contribution in [0.25, 0.3) is 6.08 Å². The van der Waals surface area contributed by atoms with Gasteiger partial charge in [-0.1, -0.05) is 30.3 Å². The van der Waals surface area contributed by atoms with Crippen LogP contribution >= 0.6 is 15.9 Å². The molecule has 9 heteroatoms. The third-order valence-electron chi connectivity index (χ3n) is 2.87. The molecule has 1 N–H and O–H groups in total. The van der Waals surface area contributed by atoms with E-state index in [1.54, 1.807) is 0 Å². The van der Waals surface area contributed by atoms with Crippen molar-refractivity contribution < 1.29 is 9.85 Å². The summed E-state index contributed by atoms with van der Waals surface area (Å²) < 4.78 is 0.644. The van der Waals surface area contributed by atoms with Crippen molar-refractivity contribution in [3.8, 4) is 0 Å². The minimum Gasteiger partial charge on any atom is -0.272 e. The van der Waals surface area contributed by atoms with Gasteiger partial charge in [-0.25, -0.2) is 0 Å². The molecule has 0 spiro atoms. The zero-order valence-electron chi connectivity index (χ0n) is 12.1. The smallest absolute Gasteiger partial charge is 0.272 e. The summed E-state index contributed by atoms with van der Waals surface area (Å²) in [6.45, 7) is 0. The van der Waals surface area contributed by atoms with Crippen LogP contribution in [0.1, 0.15) is 5.56 Å². The molecule has 0 aromatic heterocycles. The molecule has 0 aliphatic carbocycles. The fourth-order valence-corrected chi connectivity index (χ4v) is 2.16. The number of nitrogens with zero attached hydrogens (tertiary/aromatic N) is 3. The molecule has 0 saturated carbocycles. The summed E-state index contributed by atoms with van der Waals surface area (Å²) in [6, 6.07) is 12.8. The first-order chi connectivity index (χ1) is 11.5. The number of allylic oxidation sites excluding steroid dienone is 1. The first-order valence-electron chi connectivity index (χ1n) is 6.61. The highest BCUT2D eigenvalue weighted by Gasteiger charge is 2.18. The molecule has 2 aromatic rings. The van der Waals surface area contributed by atoms with Crippen molar-refractivity contribution in [2.24, 2.45) is 5.10 Å². The highest BCUT2D eigenvalue weighted by molar-refractivity contribution is 9.12. The molecule has 122 valence electrons. The molecule has 0 saturated heterocycles. The number of rotatable bonds is 6. The van der Waals surface area contributed by atoms with Crippen LogP contribution < -0.4 is 5.43 Å². The number of halogens is 1. The highest BCUT2D eigenvalue weighted by atomic mass is 79.9. The molecule has 24 heavy (non-hydrogen) atoms. The van der Waals surface area contributed by atoms with Gasteiger partial charge in [0.25, 0.3) is 5.69 Å². The van der Waals surface area contributed by atoms with Crippen LogP contribution in [0, 0.1) is 20.2 Å². The summed E-state index contributed by atoms with van der Waals surface area (Å²) in [6.07, 6.45) is 3.24. The molecule has 0 aliphatic heterocycles. The molecule has 0 aliphatic rings. The lowest BCUT2D eigenvalue weighted by Crippen LogP contribution is -1.98. The summed E-state index contributed by atoms with van der Waals surface area (Å²) in [5, 5.41) is 25.6. The number of benzene rings is 2. The van der Waals surface area contributed by atoms with Gasteiger partial charge in [-0.15, -0.1) is 0 Å². The van der Waals surface area contributed by atoms with E-state index in [-0.39, 0.29) is 11.4 Å². The Morgan fingerprint density at radius 2 is 1.79 bits per heavy atom. The van der Waals surface area contributed by atoms with Gasteiger partial charge in [0.05, 0.1) is 22.1 Å². The Morgan fingerprint density at radius 1 is 1.08 bits per heavy atom. The maximum atomic E-state index is 11.0. The fourth-order valence-electron chi connectivity index (χ4n) is 1.79. The van der Waals surface area contributed by atoms with Crippen molar-refractivity contribution >= 4 is 45.3 Å². The third kappa shape index (κ3) is 4.71. The molecule has 0 radical (unpaired) electrons. The van der Waals surface area contributed by atoms with Crippen molar-refractivity contribution in [1.82, 2.24) is 0 Å². The molecular formula is C15H11BrN4O4. The second-order valence-corrected chi connectivity index (χ2v) is 5.44. The third-order valence-corrected chi connectivity index (χ3v) is 3.30. The molecule has 0 unspecified atom stereocenters. The van der Waals surface area contributed by atoms with Gasteiger partial charge in [-0.05, 0) is 33.6 Å². The second-order valence-electron chi connectivity index (χ2n) is 4.53. The summed E-state index contributed by atoms with van der Waals surface area (Å²) in [5.41, 5.74) is 2.74. The summed E-state index contributed by atoms with van der Waals surface area (Å²) in [7, 11) is 0. The van der Waals surface area contributed by atoms with E-state index in [4.69, 9.17) is 0 Å². The largest absolute Gasteiger partial charge is 0.301 e. The van der Waals surface area contributed by atoms with E-state index in [1.165, 1.54) is 18.3 Å². The molecule has 0 bridgehead atoms. The average molecular weight is 391 g/mol. The van der Waals surface area contributed by atoms with Gasteiger partial charge in [-0.2, -0.15) is 5.10 Å². The minimum absolute atomic E-state index is 0.0573. The Kier molecular flexibility index (Phi) is 5.74. The SMILES string of the molecule is O=[N+]([O-])c1ccc(N/N=C/C(Br)=C\c2ccccc2)c([N+](=O)[O-])c1. The Labute approximate surface area is 144 Å². The van der Waals surface area contributed by atoms with Gasteiger partial charge in [0.2, 0.25) is 0 Å². The van der Waals surface area contributed by atoms with Crippen LogP contribution in [-0.2, 0) is 0 Å². The summed E-state index contributed by atoms with van der Waals surface area (Å²) >= 11 is 3.31. The first kappa shape index (κ1) is 17.3. The van der Waals surface area contributed by atoms with Crippen molar-refractivity contribution in [1.29, 1.82) is 0 Å². The van der Waals surface area contributed by atoms with Gasteiger partial charge < -0.3 is 0 Å². The Hall–Kier alpha value is -3.07. The Bertz CT molecular complexity index is 821. The van der Waals surface area contributed by atoms with Crippen LogP contribution in [0.15, 0.2) is 58.1 Å². The van der Waals surface area contributed by atoms with Crippen molar-refractivity contribution in [3.63, 3.8) is 0 Å². The van der Waals surface area contributed by atoms with Crippen LogP contribution in [0.5, 0.6) is 0 Å². The second kappa shape index (κ2) is 7.97. The van der Waals surface area contributed by atoms with Gasteiger partial charge >= 0.3 is 5.69 Å². The van der Waals surface area contributed by atoms with E-state index in [0.29, 0.717) is 4.48 Å². The highest BCUT2D eigenvalue weighted by Crippen LogP contribution is 2.28. The standard InChI is InChI=1S/C15H11BrN4O4/c16-12(8-11-4-2-1-3-5-11)10-17-18-14-7-6-13(19(21)22)9-15(14)20(23)24/h1-10,18H/b12-8+,17-10+. The lowest BCUT2D eigenvalue weighted by molar-refractivity contribution is -0.393. The molecule has 0 amide bonds. The number of nitrogens with one attached hydrogen (secondary N) is 1. The average Bonchev–Trinajstić information content (AvgIpc) is 2.55. The fraction of sp³-hybridized carbons (Fsp3) is 0. The van der Waals surface area contributed by atoms with Crippen LogP contribution in [-0.4, -0.2) is 16.1 Å². The maximum Gasteiger partial charge on any atom is 0.301 e. The van der Waals surface area contributed by atoms with E-state index in [2.05, 4.69) is 26.5 Å². The number of anilines is 1. The number of hydrazone groups is 1. The number of nitro groups is 2. The predicted octanol–water partition coefficient (Wildman–Crippen LogP) is 4.34. The Balaban J connectivity index is 2.15. The Morgan fingerprint density at radius 3 is 2.42 bits per heavy atom. The normalized spacial score (nSPS) is 11.5. The molecule has 2 rings (SSSR count). The summed E-state index contributed by atoms with van der Waals surface area (Å²) in [4.78, 5) is 20.3. The number of hydrogen-bond donors (Lipinski definition) is 1. The molecular weight excluding hydrogens is 380 g/mol.